The van der Waals surface area contributed by atoms with Crippen molar-refractivity contribution in [2.45, 2.75) is 70.9 Å². The summed E-state index contributed by atoms with van der Waals surface area (Å²) in [6, 6.07) is 17.5. The van der Waals surface area contributed by atoms with Gasteiger partial charge in [0, 0.05) is 48.0 Å². The van der Waals surface area contributed by atoms with Gasteiger partial charge in [0.1, 0.15) is 0 Å². The smallest absolute Gasteiger partial charge is 0.0926 e. The van der Waals surface area contributed by atoms with Gasteiger partial charge in [-0.15, -0.1) is 0 Å². The van der Waals surface area contributed by atoms with Crippen LogP contribution in [0.3, 0.4) is 0 Å². The highest BCUT2D eigenvalue weighted by atomic mass is 16.3. The number of nitrogens with one attached hydrogen (secondary N) is 1. The lowest BCUT2D eigenvalue weighted by atomic mass is 9.72. The number of aliphatic hydroxyl groups is 1. The zero-order valence-electron chi connectivity index (χ0n) is 19.7. The van der Waals surface area contributed by atoms with Crippen LogP contribution in [-0.2, 0) is 6.54 Å². The molecule has 2 aromatic carbocycles. The molecule has 32 heavy (non-hydrogen) atoms. The van der Waals surface area contributed by atoms with Gasteiger partial charge in [-0.1, -0.05) is 69.2 Å². The van der Waals surface area contributed by atoms with Crippen LogP contribution in [0.1, 0.15) is 75.1 Å². The van der Waals surface area contributed by atoms with Crippen molar-refractivity contribution in [2.24, 2.45) is 11.3 Å². The number of fused-ring (bicyclic) bond motifs is 1. The average molecular weight is 432 g/mol. The molecule has 2 unspecified atom stereocenters. The fourth-order valence-electron chi connectivity index (χ4n) is 6.30. The van der Waals surface area contributed by atoms with E-state index in [1.54, 1.807) is 0 Å². The second kappa shape index (κ2) is 8.64. The van der Waals surface area contributed by atoms with E-state index >= 15 is 0 Å². The Balaban J connectivity index is 1.42. The first-order valence-electron chi connectivity index (χ1n) is 12.4. The quantitative estimate of drug-likeness (QED) is 0.515. The van der Waals surface area contributed by atoms with Crippen LogP contribution in [0.25, 0.3) is 10.9 Å². The predicted molar refractivity (Wildman–Crippen MR) is 131 cm³/mol. The molecule has 2 N–H and O–H groups in total. The molecule has 4 nitrogen and oxygen atoms in total. The average Bonchev–Trinajstić information content (AvgIpc) is 3.53. The summed E-state index contributed by atoms with van der Waals surface area (Å²) in [5.74, 6) is 1.59. The molecule has 1 saturated heterocycles. The number of H-pyrrole nitrogens is 1. The van der Waals surface area contributed by atoms with E-state index in [4.69, 9.17) is 5.10 Å². The molecule has 4 heteroatoms. The van der Waals surface area contributed by atoms with Crippen LogP contribution in [0.15, 0.2) is 48.5 Å². The van der Waals surface area contributed by atoms with Crippen molar-refractivity contribution >= 4 is 10.9 Å². The van der Waals surface area contributed by atoms with E-state index in [9.17, 15) is 5.11 Å². The minimum Gasteiger partial charge on any atom is -0.393 e. The molecule has 2 heterocycles. The second-order valence-electron chi connectivity index (χ2n) is 10.6. The van der Waals surface area contributed by atoms with Gasteiger partial charge in [0.05, 0.1) is 11.6 Å². The largest absolute Gasteiger partial charge is 0.393 e. The Kier molecular flexibility index (Phi) is 5.85. The highest BCUT2D eigenvalue weighted by Gasteiger charge is 2.46. The van der Waals surface area contributed by atoms with Gasteiger partial charge in [-0.2, -0.15) is 5.10 Å². The fourth-order valence-corrected chi connectivity index (χ4v) is 6.30. The number of nitrogens with zero attached hydrogens (tertiary/aromatic N) is 2. The van der Waals surface area contributed by atoms with Crippen molar-refractivity contribution in [3.05, 3.63) is 65.4 Å². The van der Waals surface area contributed by atoms with Crippen LogP contribution < -0.4 is 0 Å². The molecule has 1 aromatic heterocycles. The third-order valence-corrected chi connectivity index (χ3v) is 8.58. The Morgan fingerprint density at radius 2 is 1.88 bits per heavy atom. The second-order valence-corrected chi connectivity index (χ2v) is 10.6. The zero-order valence-corrected chi connectivity index (χ0v) is 19.7. The SMILES string of the molecule is CC(c1[nH]nc2cc([C@@H]3CN(Cc4ccccc4)C[C@@]3(C)C(C)O)ccc12)C1CCCC1. The van der Waals surface area contributed by atoms with Crippen LogP contribution in [0.4, 0.5) is 0 Å². The molecule has 0 radical (unpaired) electrons. The summed E-state index contributed by atoms with van der Waals surface area (Å²) in [6.45, 7) is 9.33. The van der Waals surface area contributed by atoms with Crippen LogP contribution in [0, 0.1) is 11.3 Å². The van der Waals surface area contributed by atoms with Crippen molar-refractivity contribution in [3.63, 3.8) is 0 Å². The van der Waals surface area contributed by atoms with Crippen LogP contribution in [0.2, 0.25) is 0 Å². The Labute approximate surface area is 192 Å². The molecule has 4 atom stereocenters. The van der Waals surface area contributed by atoms with E-state index in [0.717, 1.165) is 31.1 Å². The third-order valence-electron chi connectivity index (χ3n) is 8.58. The van der Waals surface area contributed by atoms with Crippen molar-refractivity contribution in [2.75, 3.05) is 13.1 Å². The van der Waals surface area contributed by atoms with E-state index in [0.29, 0.717) is 5.92 Å². The Bertz CT molecular complexity index is 1050. The molecule has 170 valence electrons. The van der Waals surface area contributed by atoms with Crippen molar-refractivity contribution in [3.8, 4) is 0 Å². The van der Waals surface area contributed by atoms with Crippen molar-refractivity contribution < 1.29 is 5.11 Å². The topological polar surface area (TPSA) is 52.2 Å². The monoisotopic (exact) mass is 431 g/mol. The third kappa shape index (κ3) is 3.88. The first-order chi connectivity index (χ1) is 15.5. The van der Waals surface area contributed by atoms with Crippen LogP contribution >= 0.6 is 0 Å². The van der Waals surface area contributed by atoms with E-state index in [1.807, 2.05) is 6.92 Å². The van der Waals surface area contributed by atoms with E-state index < -0.39 is 0 Å². The van der Waals surface area contributed by atoms with E-state index in [2.05, 4.69) is 72.4 Å². The molecular weight excluding hydrogens is 394 g/mol. The minimum absolute atomic E-state index is 0.182. The summed E-state index contributed by atoms with van der Waals surface area (Å²) in [4.78, 5) is 2.50. The number of likely N-dealkylation sites (tertiary alicyclic amines) is 1. The van der Waals surface area contributed by atoms with Crippen LogP contribution in [0.5, 0.6) is 0 Å². The molecular formula is C28H37N3O. The lowest BCUT2D eigenvalue weighted by Gasteiger charge is -2.34. The Hall–Kier alpha value is -2.17. The van der Waals surface area contributed by atoms with Crippen molar-refractivity contribution in [1.29, 1.82) is 0 Å². The first-order valence-corrected chi connectivity index (χ1v) is 12.4. The number of aliphatic hydroxyl groups excluding tert-OH is 1. The fraction of sp³-hybridized carbons (Fsp3) is 0.536. The van der Waals surface area contributed by atoms with E-state index in [1.165, 1.54) is 47.9 Å². The molecule has 0 spiro atoms. The van der Waals surface area contributed by atoms with Gasteiger partial charge in [-0.3, -0.25) is 10.00 Å². The number of aromatic nitrogens is 2. The van der Waals surface area contributed by atoms with Crippen LogP contribution in [-0.4, -0.2) is 39.4 Å². The number of aromatic amines is 1. The molecule has 2 aliphatic rings. The molecule has 1 saturated carbocycles. The molecule has 1 aliphatic heterocycles. The highest BCUT2D eigenvalue weighted by Crippen LogP contribution is 2.46. The maximum atomic E-state index is 10.8. The summed E-state index contributed by atoms with van der Waals surface area (Å²) in [5, 5.41) is 20.2. The van der Waals surface area contributed by atoms with Crippen molar-refractivity contribution in [1.82, 2.24) is 15.1 Å². The summed E-state index contributed by atoms with van der Waals surface area (Å²) in [5.41, 5.74) is 4.81. The van der Waals surface area contributed by atoms with Gasteiger partial charge in [0.2, 0.25) is 0 Å². The Morgan fingerprint density at radius 1 is 1.12 bits per heavy atom. The molecule has 1 aliphatic carbocycles. The van der Waals surface area contributed by atoms with E-state index in [-0.39, 0.29) is 17.4 Å². The van der Waals surface area contributed by atoms with Gasteiger partial charge in [0.15, 0.2) is 0 Å². The minimum atomic E-state index is -0.374. The first kappa shape index (κ1) is 21.7. The maximum absolute atomic E-state index is 10.8. The number of benzene rings is 2. The lowest BCUT2D eigenvalue weighted by molar-refractivity contribution is 0.0475. The number of hydrogen-bond donors (Lipinski definition) is 2. The normalized spacial score (nSPS) is 26.7. The molecule has 5 rings (SSSR count). The summed E-state index contributed by atoms with van der Waals surface area (Å²) >= 11 is 0. The van der Waals surface area contributed by atoms with Gasteiger partial charge < -0.3 is 5.11 Å². The number of rotatable bonds is 6. The molecule has 2 fully saturated rings. The lowest BCUT2D eigenvalue weighted by Crippen LogP contribution is -2.37. The molecule has 0 amide bonds. The predicted octanol–water partition coefficient (Wildman–Crippen LogP) is 5.84. The standard InChI is InChI=1S/C28H37N3O/c1-19(22-11-7-8-12-22)27-24-14-13-23(15-26(24)29-30-27)25-17-31(18-28(25,3)20(2)32)16-21-9-5-4-6-10-21/h4-6,9-10,13-15,19-20,22,25,32H,7-8,11-12,16-18H2,1-3H3,(H,29,30)/t19?,20?,25-,28-/m0/s1. The summed E-state index contributed by atoms with van der Waals surface area (Å²) in [6.07, 6.45) is 5.04. The van der Waals surface area contributed by atoms with Gasteiger partial charge in [0.25, 0.3) is 0 Å². The Morgan fingerprint density at radius 3 is 2.59 bits per heavy atom. The van der Waals surface area contributed by atoms with Gasteiger partial charge in [-0.25, -0.2) is 0 Å². The maximum Gasteiger partial charge on any atom is 0.0926 e. The molecule has 3 aromatic rings. The zero-order chi connectivity index (χ0) is 22.3. The van der Waals surface area contributed by atoms with Gasteiger partial charge >= 0.3 is 0 Å². The summed E-state index contributed by atoms with van der Waals surface area (Å²) < 4.78 is 0. The number of hydrogen-bond acceptors (Lipinski definition) is 3. The highest BCUT2D eigenvalue weighted by molar-refractivity contribution is 5.82. The summed E-state index contributed by atoms with van der Waals surface area (Å²) in [7, 11) is 0. The molecule has 0 bridgehead atoms. The van der Waals surface area contributed by atoms with Gasteiger partial charge in [-0.05, 0) is 42.9 Å².